The zero-order valence-electron chi connectivity index (χ0n) is 10.8. The quantitative estimate of drug-likeness (QED) is 0.806. The predicted molar refractivity (Wildman–Crippen MR) is 85.2 cm³/mol. The summed E-state index contributed by atoms with van der Waals surface area (Å²) in [5.41, 5.74) is 1.21. The summed E-state index contributed by atoms with van der Waals surface area (Å²) in [6.07, 6.45) is 0. The lowest BCUT2D eigenvalue weighted by atomic mass is 10.1. The van der Waals surface area contributed by atoms with E-state index >= 15 is 0 Å². The van der Waals surface area contributed by atoms with Crippen LogP contribution in [0.3, 0.4) is 0 Å². The molecule has 0 saturated heterocycles. The normalized spacial score (nSPS) is 10.3. The molecule has 0 bridgehead atoms. The van der Waals surface area contributed by atoms with E-state index in [2.05, 4.69) is 27.9 Å². The highest BCUT2D eigenvalue weighted by molar-refractivity contribution is 14.1. The molecule has 0 radical (unpaired) electrons. The Morgan fingerprint density at radius 3 is 2.50 bits per heavy atom. The summed E-state index contributed by atoms with van der Waals surface area (Å²) in [6.45, 7) is 3.52. The molecule has 0 fully saturated rings. The predicted octanol–water partition coefficient (Wildman–Crippen LogP) is 2.59. The van der Waals surface area contributed by atoms with Gasteiger partial charge in [0.15, 0.2) is 0 Å². The zero-order chi connectivity index (χ0) is 14.9. The Balaban J connectivity index is 2.36. The van der Waals surface area contributed by atoms with Gasteiger partial charge in [-0.05, 0) is 54.1 Å². The average molecular weight is 400 g/mol. The molecule has 6 heteroatoms. The lowest BCUT2D eigenvalue weighted by Gasteiger charge is -2.09. The number of rotatable bonds is 3. The fraction of sp³-hybridized carbons (Fsp3) is 0.143. The van der Waals surface area contributed by atoms with Crippen LogP contribution in [0.2, 0.25) is 0 Å². The summed E-state index contributed by atoms with van der Waals surface area (Å²) in [4.78, 5) is 24.2. The Morgan fingerprint density at radius 2 is 1.90 bits per heavy atom. The van der Waals surface area contributed by atoms with Gasteiger partial charge in [0.05, 0.1) is 11.5 Å². The first-order valence-electron chi connectivity index (χ1n) is 5.79. The third-order valence-corrected chi connectivity index (χ3v) is 5.00. The first kappa shape index (κ1) is 15.0. The average Bonchev–Trinajstić information content (AvgIpc) is 2.65. The molecule has 1 N–H and O–H groups in total. The molecule has 1 aromatic carbocycles. The molecule has 2 rings (SSSR count). The summed E-state index contributed by atoms with van der Waals surface area (Å²) < 4.78 is 0.808. The molecule has 0 aliphatic rings. The van der Waals surface area contributed by atoms with E-state index < -0.39 is 5.97 Å². The molecule has 104 valence electrons. The molecule has 1 heterocycles. The Labute approximate surface area is 134 Å². The third kappa shape index (κ3) is 2.85. The summed E-state index contributed by atoms with van der Waals surface area (Å²) in [5.74, 6) is -1.59. The second-order valence-corrected chi connectivity index (χ2v) is 6.60. The topological polar surface area (TPSA) is 69.2 Å². The van der Waals surface area contributed by atoms with E-state index in [4.69, 9.17) is 0 Å². The molecule has 0 spiro atoms. The number of carboxylic acid groups (broad SMARTS) is 1. The number of benzene rings is 1. The SMILES string of the molecule is Cc1sc(NC(=O)c2ccccc2I)c(C(=O)[O-])c1C. The smallest absolute Gasteiger partial charge is 0.257 e. The van der Waals surface area contributed by atoms with Crippen LogP contribution in [0.1, 0.15) is 31.2 Å². The van der Waals surface area contributed by atoms with Crippen molar-refractivity contribution in [3.05, 3.63) is 49.4 Å². The Hall–Kier alpha value is -1.41. The highest BCUT2D eigenvalue weighted by Gasteiger charge is 2.17. The van der Waals surface area contributed by atoms with E-state index in [0.29, 0.717) is 16.1 Å². The van der Waals surface area contributed by atoms with Crippen molar-refractivity contribution in [3.8, 4) is 0 Å². The molecule has 0 aliphatic heterocycles. The minimum absolute atomic E-state index is 0.0618. The number of aryl methyl sites for hydroxylation is 1. The van der Waals surface area contributed by atoms with Crippen LogP contribution in [0.25, 0.3) is 0 Å². The minimum Gasteiger partial charge on any atom is -0.545 e. The van der Waals surface area contributed by atoms with Gasteiger partial charge in [-0.2, -0.15) is 0 Å². The number of halogens is 1. The Kier molecular flexibility index (Phi) is 4.44. The van der Waals surface area contributed by atoms with Crippen LogP contribution in [0.15, 0.2) is 24.3 Å². The monoisotopic (exact) mass is 400 g/mol. The number of thiophene rings is 1. The van der Waals surface area contributed by atoms with E-state index in [1.807, 2.05) is 19.1 Å². The number of hydrogen-bond donors (Lipinski definition) is 1. The van der Waals surface area contributed by atoms with E-state index in [-0.39, 0.29) is 11.5 Å². The van der Waals surface area contributed by atoms with Crippen LogP contribution in [0, 0.1) is 17.4 Å². The van der Waals surface area contributed by atoms with E-state index in [9.17, 15) is 14.7 Å². The number of amides is 1. The number of carbonyl (C=O) groups is 2. The molecule has 0 unspecified atom stereocenters. The van der Waals surface area contributed by atoms with Crippen molar-refractivity contribution in [2.45, 2.75) is 13.8 Å². The van der Waals surface area contributed by atoms with Crippen LogP contribution >= 0.6 is 33.9 Å². The summed E-state index contributed by atoms with van der Waals surface area (Å²) >= 11 is 3.31. The number of anilines is 1. The second kappa shape index (κ2) is 5.92. The zero-order valence-corrected chi connectivity index (χ0v) is 13.8. The lowest BCUT2D eigenvalue weighted by Crippen LogP contribution is -2.24. The van der Waals surface area contributed by atoms with Gasteiger partial charge in [0.25, 0.3) is 5.91 Å². The molecule has 1 aromatic heterocycles. The summed E-state index contributed by atoms with van der Waals surface area (Å²) in [7, 11) is 0. The molecule has 0 atom stereocenters. The Morgan fingerprint density at radius 1 is 1.25 bits per heavy atom. The largest absolute Gasteiger partial charge is 0.545 e. The Bertz CT molecular complexity index is 694. The van der Waals surface area contributed by atoms with Crippen LogP contribution in [-0.4, -0.2) is 11.9 Å². The van der Waals surface area contributed by atoms with Crippen molar-refractivity contribution >= 4 is 50.8 Å². The highest BCUT2D eigenvalue weighted by Crippen LogP contribution is 2.32. The van der Waals surface area contributed by atoms with Gasteiger partial charge < -0.3 is 15.2 Å². The maximum Gasteiger partial charge on any atom is 0.257 e. The number of carboxylic acids is 1. The van der Waals surface area contributed by atoms with Gasteiger partial charge in [0.1, 0.15) is 5.00 Å². The number of carbonyl (C=O) groups excluding carboxylic acids is 2. The van der Waals surface area contributed by atoms with Crippen molar-refractivity contribution in [2.24, 2.45) is 0 Å². The number of hydrogen-bond acceptors (Lipinski definition) is 4. The number of aromatic carboxylic acids is 1. The molecule has 1 amide bonds. The molecule has 20 heavy (non-hydrogen) atoms. The van der Waals surface area contributed by atoms with Gasteiger partial charge in [-0.1, -0.05) is 12.1 Å². The molecule has 2 aromatic rings. The van der Waals surface area contributed by atoms with Crippen LogP contribution < -0.4 is 10.4 Å². The van der Waals surface area contributed by atoms with Gasteiger partial charge in [-0.15, -0.1) is 11.3 Å². The highest BCUT2D eigenvalue weighted by atomic mass is 127. The van der Waals surface area contributed by atoms with E-state index in [1.165, 1.54) is 11.3 Å². The summed E-state index contributed by atoms with van der Waals surface area (Å²) in [5, 5.41) is 14.2. The van der Waals surface area contributed by atoms with Crippen LogP contribution in [0.4, 0.5) is 5.00 Å². The maximum absolute atomic E-state index is 12.2. The number of nitrogens with one attached hydrogen (secondary N) is 1. The molecule has 4 nitrogen and oxygen atoms in total. The van der Waals surface area contributed by atoms with Crippen molar-refractivity contribution < 1.29 is 14.7 Å². The second-order valence-electron chi connectivity index (χ2n) is 4.21. The van der Waals surface area contributed by atoms with Crippen molar-refractivity contribution in [1.82, 2.24) is 0 Å². The van der Waals surface area contributed by atoms with Gasteiger partial charge >= 0.3 is 0 Å². The molecular formula is C14H11INO3S-. The van der Waals surface area contributed by atoms with Gasteiger partial charge in [0, 0.05) is 14.0 Å². The maximum atomic E-state index is 12.2. The standard InChI is InChI=1S/C14H12INO3S/c1-7-8(2)20-13(11(7)14(18)19)16-12(17)9-5-3-4-6-10(9)15/h3-6H,1-2H3,(H,16,17)(H,18,19)/p-1. The molecular weight excluding hydrogens is 389 g/mol. The van der Waals surface area contributed by atoms with Crippen molar-refractivity contribution in [3.63, 3.8) is 0 Å². The lowest BCUT2D eigenvalue weighted by molar-refractivity contribution is -0.254. The molecule has 0 saturated carbocycles. The van der Waals surface area contributed by atoms with Crippen LogP contribution in [-0.2, 0) is 0 Å². The molecule has 0 aliphatic carbocycles. The van der Waals surface area contributed by atoms with Crippen molar-refractivity contribution in [1.29, 1.82) is 0 Å². The van der Waals surface area contributed by atoms with Gasteiger partial charge in [-0.3, -0.25) is 4.79 Å². The fourth-order valence-electron chi connectivity index (χ4n) is 1.78. The van der Waals surface area contributed by atoms with Gasteiger partial charge in [-0.25, -0.2) is 0 Å². The summed E-state index contributed by atoms with van der Waals surface area (Å²) in [6, 6.07) is 7.12. The van der Waals surface area contributed by atoms with Crippen molar-refractivity contribution in [2.75, 3.05) is 5.32 Å². The van der Waals surface area contributed by atoms with E-state index in [0.717, 1.165) is 8.45 Å². The van der Waals surface area contributed by atoms with E-state index in [1.54, 1.807) is 19.1 Å². The third-order valence-electron chi connectivity index (χ3n) is 2.93. The first-order chi connectivity index (χ1) is 9.41. The van der Waals surface area contributed by atoms with Crippen LogP contribution in [0.5, 0.6) is 0 Å². The first-order valence-corrected chi connectivity index (χ1v) is 7.68. The minimum atomic E-state index is -1.27. The van der Waals surface area contributed by atoms with Gasteiger partial charge in [0.2, 0.25) is 0 Å². The fourth-order valence-corrected chi connectivity index (χ4v) is 3.45.